The molecule has 1 aliphatic heterocycles. The minimum Gasteiger partial charge on any atom is -0.349 e. The van der Waals surface area contributed by atoms with E-state index >= 15 is 0 Å². The maximum atomic E-state index is 14.6. The van der Waals surface area contributed by atoms with Gasteiger partial charge in [0.25, 0.3) is 5.91 Å². The number of hydrogen-bond donors (Lipinski definition) is 3. The number of carbonyl (C=O) groups excluding carboxylic acids is 1. The number of hydrazine groups is 2. The third kappa shape index (κ3) is 4.59. The highest BCUT2D eigenvalue weighted by Gasteiger charge is 2.73. The van der Waals surface area contributed by atoms with Crippen LogP contribution in [0.5, 0.6) is 0 Å². The van der Waals surface area contributed by atoms with E-state index in [0.29, 0.717) is 23.5 Å². The summed E-state index contributed by atoms with van der Waals surface area (Å²) in [5.41, 5.74) is -0.206. The summed E-state index contributed by atoms with van der Waals surface area (Å²) in [6.45, 7) is 2.57. The van der Waals surface area contributed by atoms with Crippen LogP contribution in [-0.2, 0) is 5.67 Å². The smallest absolute Gasteiger partial charge is 0.349 e. The molecule has 2 aromatic rings. The van der Waals surface area contributed by atoms with E-state index in [0.717, 1.165) is 12.8 Å². The molecule has 0 bridgehead atoms. The maximum Gasteiger partial charge on any atom is 0.435 e. The largest absolute Gasteiger partial charge is 0.435 e. The topological polar surface area (TPSA) is 56.4 Å². The number of alkyl halides is 7. The molecule has 1 heterocycles. The SMILES string of the molecule is Cc1cc(C(F)(C(F)(F)F)C(F)(F)F)cc(C)c1C1=CN(c2ccc(Cl)c(C(=O)NC3CC3)c2)NN1. The Bertz CT molecular complexity index is 1200. The second kappa shape index (κ2) is 8.84. The first-order valence-corrected chi connectivity index (χ1v) is 11.1. The predicted molar refractivity (Wildman–Crippen MR) is 119 cm³/mol. The second-order valence-electron chi connectivity index (χ2n) is 8.70. The number of nitrogens with zero attached hydrogens (tertiary/aromatic N) is 1. The van der Waals surface area contributed by atoms with Gasteiger partial charge in [0.1, 0.15) is 0 Å². The zero-order valence-corrected chi connectivity index (χ0v) is 19.6. The van der Waals surface area contributed by atoms with Crippen molar-refractivity contribution in [1.82, 2.24) is 16.3 Å². The standard InChI is InChI=1S/C23H20ClF7N4O/c1-11-7-13(21(25,22(26,27)28)23(29,30)31)8-12(2)19(11)18-10-35(34-33-18)15-5-6-17(24)16(9-15)20(36)32-14-3-4-14/h5-10,14,33-34H,3-4H2,1-2H3,(H,32,36). The molecule has 0 aromatic heterocycles. The lowest BCUT2D eigenvalue weighted by Crippen LogP contribution is -2.50. The summed E-state index contributed by atoms with van der Waals surface area (Å²) < 4.78 is 93.8. The Kier molecular flexibility index (Phi) is 6.40. The van der Waals surface area contributed by atoms with Gasteiger partial charge < -0.3 is 10.7 Å². The minimum absolute atomic E-state index is 0.0106. The van der Waals surface area contributed by atoms with Gasteiger partial charge in [-0.2, -0.15) is 26.3 Å². The molecular weight excluding hydrogens is 517 g/mol. The van der Waals surface area contributed by atoms with Gasteiger partial charge in [0.15, 0.2) is 0 Å². The van der Waals surface area contributed by atoms with Gasteiger partial charge in [-0.1, -0.05) is 23.7 Å². The lowest BCUT2D eigenvalue weighted by Gasteiger charge is -2.31. The van der Waals surface area contributed by atoms with E-state index in [-0.39, 0.29) is 39.2 Å². The molecule has 36 heavy (non-hydrogen) atoms. The first-order valence-electron chi connectivity index (χ1n) is 10.7. The normalized spacial score (nSPS) is 16.6. The molecule has 0 saturated heterocycles. The average molecular weight is 537 g/mol. The maximum absolute atomic E-state index is 14.6. The molecule has 0 unspecified atom stereocenters. The van der Waals surface area contributed by atoms with Crippen molar-refractivity contribution in [3.8, 4) is 0 Å². The Morgan fingerprint density at radius 3 is 2.11 bits per heavy atom. The lowest BCUT2D eigenvalue weighted by atomic mass is 9.88. The number of carbonyl (C=O) groups is 1. The third-order valence-corrected chi connectivity index (χ3v) is 6.27. The van der Waals surface area contributed by atoms with Crippen LogP contribution in [0.4, 0.5) is 36.4 Å². The van der Waals surface area contributed by atoms with Crippen LogP contribution in [0.15, 0.2) is 36.5 Å². The molecule has 1 saturated carbocycles. The number of aryl methyl sites for hydroxylation is 2. The Morgan fingerprint density at radius 2 is 1.58 bits per heavy atom. The van der Waals surface area contributed by atoms with Gasteiger partial charge in [0, 0.05) is 23.4 Å². The summed E-state index contributed by atoms with van der Waals surface area (Å²) >= 11 is 6.16. The highest BCUT2D eigenvalue weighted by molar-refractivity contribution is 6.34. The molecule has 5 nitrogen and oxygen atoms in total. The van der Waals surface area contributed by atoms with Gasteiger partial charge in [-0.25, -0.2) is 4.39 Å². The van der Waals surface area contributed by atoms with Crippen molar-refractivity contribution in [2.24, 2.45) is 0 Å². The fourth-order valence-electron chi connectivity index (χ4n) is 3.98. The highest BCUT2D eigenvalue weighted by atomic mass is 35.5. The van der Waals surface area contributed by atoms with Gasteiger partial charge in [0.2, 0.25) is 0 Å². The number of nitrogens with one attached hydrogen (secondary N) is 3. The van der Waals surface area contributed by atoms with E-state index in [1.54, 1.807) is 6.07 Å². The lowest BCUT2D eigenvalue weighted by molar-refractivity contribution is -0.348. The molecule has 3 N–H and O–H groups in total. The van der Waals surface area contributed by atoms with Gasteiger partial charge in [-0.05, 0) is 56.0 Å². The molecule has 0 radical (unpaired) electrons. The highest BCUT2D eigenvalue weighted by Crippen LogP contribution is 2.53. The van der Waals surface area contributed by atoms with Crippen molar-refractivity contribution >= 4 is 28.9 Å². The number of amides is 1. The quantitative estimate of drug-likeness (QED) is 0.412. The summed E-state index contributed by atoms with van der Waals surface area (Å²) in [6, 6.07) is 5.85. The zero-order chi connectivity index (χ0) is 26.6. The van der Waals surface area contributed by atoms with Crippen LogP contribution in [0.3, 0.4) is 0 Å². The van der Waals surface area contributed by atoms with Crippen LogP contribution in [0, 0.1) is 13.8 Å². The van der Waals surface area contributed by atoms with Crippen molar-refractivity contribution in [2.75, 3.05) is 5.01 Å². The Labute approximate surface area is 206 Å². The molecule has 2 aliphatic rings. The average Bonchev–Trinajstić information content (AvgIpc) is 3.44. The van der Waals surface area contributed by atoms with E-state index in [1.165, 1.54) is 37.2 Å². The molecule has 1 amide bonds. The van der Waals surface area contributed by atoms with Crippen LogP contribution in [0.1, 0.15) is 45.5 Å². The van der Waals surface area contributed by atoms with Crippen LogP contribution < -0.4 is 21.3 Å². The fourth-order valence-corrected chi connectivity index (χ4v) is 4.19. The van der Waals surface area contributed by atoms with Crippen LogP contribution in [0.25, 0.3) is 5.70 Å². The zero-order valence-electron chi connectivity index (χ0n) is 18.8. The number of hydrogen-bond acceptors (Lipinski definition) is 4. The van der Waals surface area contributed by atoms with E-state index in [4.69, 9.17) is 11.6 Å². The molecule has 0 atom stereocenters. The van der Waals surface area contributed by atoms with Gasteiger partial charge in [0.05, 0.1) is 22.0 Å². The fraction of sp³-hybridized carbons (Fsp3) is 0.348. The van der Waals surface area contributed by atoms with Crippen molar-refractivity contribution < 1.29 is 35.5 Å². The predicted octanol–water partition coefficient (Wildman–Crippen LogP) is 5.97. The van der Waals surface area contributed by atoms with Crippen molar-refractivity contribution in [2.45, 2.75) is 50.8 Å². The van der Waals surface area contributed by atoms with Gasteiger partial charge in [-0.3, -0.25) is 9.80 Å². The van der Waals surface area contributed by atoms with Crippen molar-refractivity contribution in [3.63, 3.8) is 0 Å². The number of anilines is 1. The molecule has 2 aromatic carbocycles. The van der Waals surface area contributed by atoms with Crippen LogP contribution in [-0.4, -0.2) is 24.3 Å². The second-order valence-corrected chi connectivity index (χ2v) is 9.11. The van der Waals surface area contributed by atoms with Crippen LogP contribution in [0.2, 0.25) is 5.02 Å². The number of benzene rings is 2. The summed E-state index contributed by atoms with van der Waals surface area (Å²) in [5, 5.41) is 4.52. The molecule has 13 heteroatoms. The van der Waals surface area contributed by atoms with E-state index in [1.807, 2.05) is 0 Å². The van der Waals surface area contributed by atoms with Crippen LogP contribution >= 0.6 is 11.6 Å². The number of rotatable bonds is 5. The summed E-state index contributed by atoms with van der Waals surface area (Å²) in [5.74, 6) is -0.341. The summed E-state index contributed by atoms with van der Waals surface area (Å²) in [4.78, 5) is 12.5. The first-order chi connectivity index (χ1) is 16.6. The molecule has 1 fully saturated rings. The minimum atomic E-state index is -6.20. The summed E-state index contributed by atoms with van der Waals surface area (Å²) in [6.07, 6.45) is -9.13. The van der Waals surface area contributed by atoms with E-state index in [9.17, 15) is 35.5 Å². The van der Waals surface area contributed by atoms with Crippen molar-refractivity contribution in [3.05, 3.63) is 69.4 Å². The monoisotopic (exact) mass is 536 g/mol. The molecule has 1 aliphatic carbocycles. The Morgan fingerprint density at radius 1 is 1.00 bits per heavy atom. The molecule has 0 spiro atoms. The molecule has 4 rings (SSSR count). The Balaban J connectivity index is 1.67. The van der Waals surface area contributed by atoms with Gasteiger partial charge in [-0.15, -0.1) is 5.53 Å². The van der Waals surface area contributed by atoms with Gasteiger partial charge >= 0.3 is 18.0 Å². The molecule has 194 valence electrons. The van der Waals surface area contributed by atoms with Crippen molar-refractivity contribution in [1.29, 1.82) is 0 Å². The third-order valence-electron chi connectivity index (χ3n) is 5.94. The first kappa shape index (κ1) is 26.1. The summed E-state index contributed by atoms with van der Waals surface area (Å²) in [7, 11) is 0. The Hall–Kier alpha value is -2.99. The van der Waals surface area contributed by atoms with E-state index < -0.39 is 23.6 Å². The molecular formula is C23H20ClF7N4O. The number of halogens is 8. The van der Waals surface area contributed by atoms with E-state index in [2.05, 4.69) is 16.3 Å².